The van der Waals surface area contributed by atoms with E-state index in [0.717, 1.165) is 25.8 Å². The minimum Gasteiger partial charge on any atom is -0.394 e. The monoisotopic (exact) mass is 289 g/mol. The molecule has 0 atom stereocenters. The van der Waals surface area contributed by atoms with E-state index in [1.54, 1.807) is 17.1 Å². The lowest BCUT2D eigenvalue weighted by atomic mass is 10.3. The first kappa shape index (κ1) is 13.7. The lowest BCUT2D eigenvalue weighted by Crippen LogP contribution is -2.27. The van der Waals surface area contributed by atoms with E-state index in [-0.39, 0.29) is 12.1 Å². The zero-order valence-corrected chi connectivity index (χ0v) is 12.0. The normalized spacial score (nSPS) is 15.7. The van der Waals surface area contributed by atoms with Crippen LogP contribution in [0.25, 0.3) is 5.95 Å². The predicted molar refractivity (Wildman–Crippen MR) is 78.4 cm³/mol. The van der Waals surface area contributed by atoms with Gasteiger partial charge in [-0.25, -0.2) is 4.68 Å². The number of hydrogen-bond donors (Lipinski definition) is 3. The Kier molecular flexibility index (Phi) is 3.70. The van der Waals surface area contributed by atoms with Crippen molar-refractivity contribution in [3.63, 3.8) is 0 Å². The van der Waals surface area contributed by atoms with Gasteiger partial charge in [0, 0.05) is 18.9 Å². The second-order valence-corrected chi connectivity index (χ2v) is 5.22. The molecule has 0 spiro atoms. The molecule has 0 unspecified atom stereocenters. The first-order valence-electron chi connectivity index (χ1n) is 7.14. The van der Waals surface area contributed by atoms with Crippen LogP contribution in [0.15, 0.2) is 18.5 Å². The molecule has 1 aliphatic carbocycles. The number of rotatable bonds is 7. The lowest BCUT2D eigenvalue weighted by molar-refractivity contribution is 0.265. The zero-order chi connectivity index (χ0) is 14.7. The Morgan fingerprint density at radius 2 is 2.10 bits per heavy atom. The van der Waals surface area contributed by atoms with Gasteiger partial charge in [-0.05, 0) is 25.3 Å². The highest BCUT2D eigenvalue weighted by Crippen LogP contribution is 2.37. The fourth-order valence-electron chi connectivity index (χ4n) is 1.94. The van der Waals surface area contributed by atoms with E-state index in [4.69, 9.17) is 0 Å². The van der Waals surface area contributed by atoms with Crippen molar-refractivity contribution in [2.75, 3.05) is 23.8 Å². The van der Waals surface area contributed by atoms with E-state index in [1.165, 1.54) is 0 Å². The first-order valence-corrected chi connectivity index (χ1v) is 7.14. The molecule has 8 nitrogen and oxygen atoms in total. The second kappa shape index (κ2) is 5.65. The molecule has 2 aromatic heterocycles. The van der Waals surface area contributed by atoms with Crippen molar-refractivity contribution in [2.24, 2.45) is 0 Å². The number of aliphatic hydroxyl groups is 1. The highest BCUT2D eigenvalue weighted by molar-refractivity contribution is 5.41. The molecule has 0 saturated heterocycles. The molecule has 0 bridgehead atoms. The molecule has 0 radical (unpaired) electrons. The smallest absolute Gasteiger partial charge is 0.257 e. The third-order valence-electron chi connectivity index (χ3n) is 3.40. The van der Waals surface area contributed by atoms with Gasteiger partial charge in [0.1, 0.15) is 0 Å². The number of nitrogens with one attached hydrogen (secondary N) is 2. The van der Waals surface area contributed by atoms with Crippen molar-refractivity contribution < 1.29 is 5.11 Å². The van der Waals surface area contributed by atoms with Crippen LogP contribution in [0.1, 0.15) is 26.2 Å². The minimum absolute atomic E-state index is 0.0769. The first-order chi connectivity index (χ1) is 10.2. The summed E-state index contributed by atoms with van der Waals surface area (Å²) in [7, 11) is 0. The van der Waals surface area contributed by atoms with Crippen LogP contribution in [-0.4, -0.2) is 48.5 Å². The maximum Gasteiger partial charge on any atom is 0.257 e. The number of aromatic nitrogens is 5. The molecule has 0 amide bonds. The molecule has 2 aromatic rings. The lowest BCUT2D eigenvalue weighted by Gasteiger charge is -2.15. The summed E-state index contributed by atoms with van der Waals surface area (Å²) in [5.74, 6) is 1.42. The fraction of sp³-hybridized carbons (Fsp3) is 0.538. The Hall–Kier alpha value is -2.22. The number of hydrogen-bond acceptors (Lipinski definition) is 7. The summed E-state index contributed by atoms with van der Waals surface area (Å²) in [5, 5.41) is 19.9. The van der Waals surface area contributed by atoms with Crippen molar-refractivity contribution >= 4 is 11.9 Å². The molecule has 8 heteroatoms. The SMILES string of the molecule is CCCNc1nc(NC2(CO)CC2)nc(-n2cccn2)n1. The quantitative estimate of drug-likeness (QED) is 0.693. The van der Waals surface area contributed by atoms with Gasteiger partial charge in [0.2, 0.25) is 11.9 Å². The van der Waals surface area contributed by atoms with Crippen molar-refractivity contribution in [1.82, 2.24) is 24.7 Å². The van der Waals surface area contributed by atoms with Gasteiger partial charge in [-0.2, -0.15) is 20.1 Å². The Morgan fingerprint density at radius 1 is 1.29 bits per heavy atom. The third-order valence-corrected chi connectivity index (χ3v) is 3.40. The van der Waals surface area contributed by atoms with Gasteiger partial charge in [-0.3, -0.25) is 0 Å². The van der Waals surface area contributed by atoms with E-state index in [9.17, 15) is 5.11 Å². The minimum atomic E-state index is -0.273. The summed E-state index contributed by atoms with van der Waals surface area (Å²) in [4.78, 5) is 13.1. The molecular weight excluding hydrogens is 270 g/mol. The average molecular weight is 289 g/mol. The highest BCUT2D eigenvalue weighted by atomic mass is 16.3. The van der Waals surface area contributed by atoms with Crippen LogP contribution in [0.2, 0.25) is 0 Å². The molecule has 0 aliphatic heterocycles. The van der Waals surface area contributed by atoms with Gasteiger partial charge in [0.25, 0.3) is 5.95 Å². The fourth-order valence-corrected chi connectivity index (χ4v) is 1.94. The van der Waals surface area contributed by atoms with Crippen molar-refractivity contribution in [1.29, 1.82) is 0 Å². The van der Waals surface area contributed by atoms with Gasteiger partial charge >= 0.3 is 0 Å². The van der Waals surface area contributed by atoms with Gasteiger partial charge in [-0.1, -0.05) is 6.92 Å². The number of nitrogens with zero attached hydrogens (tertiary/aromatic N) is 5. The zero-order valence-electron chi connectivity index (χ0n) is 12.0. The molecule has 0 aromatic carbocycles. The van der Waals surface area contributed by atoms with Crippen LogP contribution in [0, 0.1) is 0 Å². The topological polar surface area (TPSA) is 101 Å². The molecule has 112 valence electrons. The molecule has 1 saturated carbocycles. The predicted octanol–water partition coefficient (Wildman–Crippen LogP) is 0.816. The standard InChI is InChI=1S/C13H19N7O/c1-2-6-14-10-16-11(19-13(9-21)4-5-13)18-12(17-10)20-8-3-7-15-20/h3,7-8,21H,2,4-6,9H2,1H3,(H2,14,16,17,18,19). The van der Waals surface area contributed by atoms with Crippen LogP contribution in [-0.2, 0) is 0 Å². The molecule has 21 heavy (non-hydrogen) atoms. The van der Waals surface area contributed by atoms with E-state index in [2.05, 4.69) is 37.6 Å². The molecule has 3 rings (SSSR count). The third kappa shape index (κ3) is 3.10. The number of aliphatic hydroxyl groups excluding tert-OH is 1. The molecule has 1 fully saturated rings. The van der Waals surface area contributed by atoms with Crippen LogP contribution < -0.4 is 10.6 Å². The maximum absolute atomic E-state index is 9.41. The van der Waals surface area contributed by atoms with Crippen LogP contribution >= 0.6 is 0 Å². The average Bonchev–Trinajstić information content (AvgIpc) is 3.05. The van der Waals surface area contributed by atoms with Crippen LogP contribution in [0.3, 0.4) is 0 Å². The summed E-state index contributed by atoms with van der Waals surface area (Å²) in [6.45, 7) is 2.94. The van der Waals surface area contributed by atoms with Gasteiger partial charge in [0.15, 0.2) is 0 Å². The summed E-state index contributed by atoms with van der Waals surface area (Å²) < 4.78 is 1.59. The highest BCUT2D eigenvalue weighted by Gasteiger charge is 2.42. The largest absolute Gasteiger partial charge is 0.394 e. The van der Waals surface area contributed by atoms with Gasteiger partial charge < -0.3 is 15.7 Å². The molecule has 2 heterocycles. The summed E-state index contributed by atoms with van der Waals surface area (Å²) >= 11 is 0. The van der Waals surface area contributed by atoms with Crippen molar-refractivity contribution in [2.45, 2.75) is 31.7 Å². The summed E-state index contributed by atoms with van der Waals surface area (Å²) in [5.41, 5.74) is -0.273. The Balaban J connectivity index is 1.89. The molecule has 3 N–H and O–H groups in total. The van der Waals surface area contributed by atoms with E-state index in [0.29, 0.717) is 17.8 Å². The van der Waals surface area contributed by atoms with E-state index >= 15 is 0 Å². The summed E-state index contributed by atoms with van der Waals surface area (Å²) in [6.07, 6.45) is 6.27. The molecule has 1 aliphatic rings. The number of anilines is 2. The summed E-state index contributed by atoms with van der Waals surface area (Å²) in [6, 6.07) is 1.81. The Morgan fingerprint density at radius 3 is 2.71 bits per heavy atom. The Labute approximate surface area is 122 Å². The second-order valence-electron chi connectivity index (χ2n) is 5.22. The Bertz CT molecular complexity index is 595. The van der Waals surface area contributed by atoms with E-state index in [1.807, 2.05) is 6.07 Å². The van der Waals surface area contributed by atoms with Crippen LogP contribution in [0.4, 0.5) is 11.9 Å². The van der Waals surface area contributed by atoms with Crippen LogP contribution in [0.5, 0.6) is 0 Å². The van der Waals surface area contributed by atoms with Crippen molar-refractivity contribution in [3.8, 4) is 5.95 Å². The van der Waals surface area contributed by atoms with E-state index < -0.39 is 0 Å². The van der Waals surface area contributed by atoms with Crippen molar-refractivity contribution in [3.05, 3.63) is 18.5 Å². The molecular formula is C13H19N7O. The van der Waals surface area contributed by atoms with Gasteiger partial charge in [0.05, 0.1) is 12.1 Å². The maximum atomic E-state index is 9.41. The van der Waals surface area contributed by atoms with Gasteiger partial charge in [-0.15, -0.1) is 0 Å².